The molecule has 4 rings (SSSR count). The second kappa shape index (κ2) is 13.3. The second-order valence-corrected chi connectivity index (χ2v) is 10.1. The molecule has 3 atom stereocenters. The van der Waals surface area contributed by atoms with Crippen molar-refractivity contribution >= 4 is 23.4 Å². The number of aliphatic hydroxyl groups is 2. The third-order valence-corrected chi connectivity index (χ3v) is 7.07. The summed E-state index contributed by atoms with van der Waals surface area (Å²) >= 11 is 0. The van der Waals surface area contributed by atoms with E-state index >= 15 is 0 Å². The smallest absolute Gasteiger partial charge is 0.248 e. The molecule has 1 aliphatic heterocycles. The molecule has 4 N–H and O–H groups in total. The van der Waals surface area contributed by atoms with Gasteiger partial charge >= 0.3 is 0 Å². The zero-order valence-corrected chi connectivity index (χ0v) is 22.1. The van der Waals surface area contributed by atoms with Crippen molar-refractivity contribution in [3.63, 3.8) is 0 Å². The van der Waals surface area contributed by atoms with Crippen molar-refractivity contribution in [1.29, 1.82) is 0 Å². The average molecular weight is 547 g/mol. The molecule has 1 saturated carbocycles. The van der Waals surface area contributed by atoms with Crippen LogP contribution >= 0.6 is 0 Å². The van der Waals surface area contributed by atoms with E-state index in [0.29, 0.717) is 5.92 Å². The minimum Gasteiger partial charge on any atom is -0.510 e. The number of amides is 2. The molecule has 0 radical (unpaired) electrons. The highest BCUT2D eigenvalue weighted by molar-refractivity contribution is 6.06. The monoisotopic (exact) mass is 546 g/mol. The predicted octanol–water partition coefficient (Wildman–Crippen LogP) is 3.23. The largest absolute Gasteiger partial charge is 0.510 e. The van der Waals surface area contributed by atoms with Gasteiger partial charge < -0.3 is 25.6 Å². The van der Waals surface area contributed by atoms with Gasteiger partial charge in [-0.25, -0.2) is 0 Å². The lowest BCUT2D eigenvalue weighted by Gasteiger charge is -2.23. The van der Waals surface area contributed by atoms with Crippen LogP contribution in [-0.4, -0.2) is 51.4 Å². The fourth-order valence-corrected chi connectivity index (χ4v) is 4.87. The molecule has 1 saturated heterocycles. The number of carbonyl (C=O) groups is 4. The molecule has 0 aromatic rings. The molecule has 9 nitrogen and oxygen atoms in total. The third-order valence-electron chi connectivity index (χ3n) is 7.07. The summed E-state index contributed by atoms with van der Waals surface area (Å²) in [6.07, 6.45) is 25.7. The molecule has 0 aromatic heterocycles. The van der Waals surface area contributed by atoms with Gasteiger partial charge in [-0.1, -0.05) is 73.9 Å². The van der Waals surface area contributed by atoms with Crippen molar-refractivity contribution in [2.75, 3.05) is 0 Å². The summed E-state index contributed by atoms with van der Waals surface area (Å²) in [6, 6.07) is 0. The SMILES string of the molecule is O=C(/C=C/C=C/C=C/C1CCCCC1)NC1=C[C@@](O)(\C=C/C=C\C=C\C(=O)NC2=C(O)CCC2=O)C2OC2C1=O. The zero-order valence-electron chi connectivity index (χ0n) is 22.1. The van der Waals surface area contributed by atoms with E-state index in [2.05, 4.69) is 16.7 Å². The van der Waals surface area contributed by atoms with Crippen molar-refractivity contribution < 1.29 is 34.1 Å². The zero-order chi connectivity index (χ0) is 28.5. The fourth-order valence-electron chi connectivity index (χ4n) is 4.87. The Kier molecular flexibility index (Phi) is 9.63. The highest BCUT2D eigenvalue weighted by atomic mass is 16.6. The van der Waals surface area contributed by atoms with Crippen molar-refractivity contribution in [2.45, 2.75) is 62.8 Å². The van der Waals surface area contributed by atoms with Gasteiger partial charge in [-0.3, -0.25) is 19.2 Å². The Labute approximate surface area is 233 Å². The number of allylic oxidation sites excluding steroid dienone is 11. The first-order valence-corrected chi connectivity index (χ1v) is 13.5. The number of rotatable bonds is 10. The Morgan fingerprint density at radius 2 is 1.52 bits per heavy atom. The van der Waals surface area contributed by atoms with Crippen LogP contribution in [0.1, 0.15) is 44.9 Å². The quantitative estimate of drug-likeness (QED) is 0.187. The van der Waals surface area contributed by atoms with Gasteiger partial charge in [0.05, 0.1) is 5.70 Å². The minimum absolute atomic E-state index is 0.0405. The maximum absolute atomic E-state index is 12.5. The van der Waals surface area contributed by atoms with Gasteiger partial charge in [0.2, 0.25) is 17.6 Å². The summed E-state index contributed by atoms with van der Waals surface area (Å²) in [5.41, 5.74) is -1.72. The van der Waals surface area contributed by atoms with Crippen molar-refractivity contribution in [1.82, 2.24) is 10.6 Å². The van der Waals surface area contributed by atoms with Gasteiger partial charge in [-0.05, 0) is 30.9 Å². The molecule has 0 bridgehead atoms. The maximum Gasteiger partial charge on any atom is 0.248 e. The number of carbonyl (C=O) groups excluding carboxylic acids is 4. The number of hydrogen-bond acceptors (Lipinski definition) is 7. The van der Waals surface area contributed by atoms with E-state index in [0.717, 1.165) is 0 Å². The van der Waals surface area contributed by atoms with Gasteiger partial charge in [0.1, 0.15) is 23.2 Å². The Balaban J connectivity index is 1.27. The van der Waals surface area contributed by atoms with Gasteiger partial charge in [-0.2, -0.15) is 0 Å². The Morgan fingerprint density at radius 1 is 0.875 bits per heavy atom. The van der Waals surface area contributed by atoms with Crippen LogP contribution in [0.2, 0.25) is 0 Å². The summed E-state index contributed by atoms with van der Waals surface area (Å²) in [7, 11) is 0. The summed E-state index contributed by atoms with van der Waals surface area (Å²) in [6.45, 7) is 0. The van der Waals surface area contributed by atoms with E-state index in [9.17, 15) is 29.4 Å². The number of ketones is 2. The van der Waals surface area contributed by atoms with E-state index in [1.807, 2.05) is 12.2 Å². The predicted molar refractivity (Wildman–Crippen MR) is 148 cm³/mol. The second-order valence-electron chi connectivity index (χ2n) is 10.1. The summed E-state index contributed by atoms with van der Waals surface area (Å²) in [5, 5.41) is 25.5. The van der Waals surface area contributed by atoms with E-state index in [-0.39, 0.29) is 35.8 Å². The Morgan fingerprint density at radius 3 is 2.20 bits per heavy atom. The van der Waals surface area contributed by atoms with E-state index in [4.69, 9.17) is 4.74 Å². The minimum atomic E-state index is -1.60. The first-order chi connectivity index (χ1) is 19.3. The normalized spacial score (nSPS) is 27.7. The van der Waals surface area contributed by atoms with E-state index < -0.39 is 35.4 Å². The summed E-state index contributed by atoms with van der Waals surface area (Å²) in [4.78, 5) is 48.3. The number of nitrogens with one attached hydrogen (secondary N) is 2. The highest BCUT2D eigenvalue weighted by Gasteiger charge is 2.59. The number of aliphatic hydroxyl groups excluding tert-OH is 1. The first-order valence-electron chi connectivity index (χ1n) is 13.5. The molecule has 40 heavy (non-hydrogen) atoms. The number of epoxide rings is 1. The molecule has 2 fully saturated rings. The molecule has 4 aliphatic rings. The molecule has 3 aliphatic carbocycles. The molecular formula is C31H34N2O7. The molecule has 1 heterocycles. The highest BCUT2D eigenvalue weighted by Crippen LogP contribution is 2.40. The van der Waals surface area contributed by atoms with Gasteiger partial charge in [0.25, 0.3) is 0 Å². The van der Waals surface area contributed by atoms with Crippen molar-refractivity contribution in [3.8, 4) is 0 Å². The van der Waals surface area contributed by atoms with Crippen LogP contribution in [0.4, 0.5) is 0 Å². The van der Waals surface area contributed by atoms with Crippen LogP contribution in [-0.2, 0) is 23.9 Å². The Bertz CT molecular complexity index is 1270. The van der Waals surface area contributed by atoms with E-state index in [1.54, 1.807) is 18.2 Å². The lowest BCUT2D eigenvalue weighted by atomic mass is 9.88. The number of ether oxygens (including phenoxy) is 1. The van der Waals surface area contributed by atoms with Crippen LogP contribution in [0.25, 0.3) is 0 Å². The molecule has 0 spiro atoms. The van der Waals surface area contributed by atoms with Crippen molar-refractivity contribution in [3.05, 3.63) is 96.1 Å². The molecule has 9 heteroatoms. The van der Waals surface area contributed by atoms with Gasteiger partial charge in [-0.15, -0.1) is 0 Å². The average Bonchev–Trinajstić information content (AvgIpc) is 3.70. The molecular weight excluding hydrogens is 512 g/mol. The van der Waals surface area contributed by atoms with Gasteiger partial charge in [0.15, 0.2) is 11.9 Å². The third kappa shape index (κ3) is 7.74. The topological polar surface area (TPSA) is 145 Å². The maximum atomic E-state index is 12.5. The fraction of sp³-hybridized carbons (Fsp3) is 0.355. The Hall–Kier alpha value is -4.08. The summed E-state index contributed by atoms with van der Waals surface area (Å²) < 4.78 is 5.35. The molecule has 2 unspecified atom stereocenters. The van der Waals surface area contributed by atoms with Crippen LogP contribution in [0, 0.1) is 5.92 Å². The number of fused-ring (bicyclic) bond motifs is 1. The molecule has 210 valence electrons. The van der Waals surface area contributed by atoms with Crippen LogP contribution in [0.5, 0.6) is 0 Å². The lowest BCUT2D eigenvalue weighted by Crippen LogP contribution is -2.42. The molecule has 2 amide bonds. The summed E-state index contributed by atoms with van der Waals surface area (Å²) in [5.74, 6) is -1.28. The van der Waals surface area contributed by atoms with Crippen LogP contribution in [0.15, 0.2) is 96.1 Å². The van der Waals surface area contributed by atoms with E-state index in [1.165, 1.54) is 74.6 Å². The lowest BCUT2D eigenvalue weighted by molar-refractivity contribution is -0.121. The van der Waals surface area contributed by atoms with Crippen molar-refractivity contribution in [2.24, 2.45) is 5.92 Å². The number of Topliss-reactive ketones (excluding diaryl/α,β-unsaturated/α-hetero) is 2. The van der Waals surface area contributed by atoms with Crippen LogP contribution in [0.3, 0.4) is 0 Å². The van der Waals surface area contributed by atoms with Crippen LogP contribution < -0.4 is 10.6 Å². The number of hydrogen-bond donors (Lipinski definition) is 4. The molecule has 0 aromatic carbocycles. The first kappa shape index (κ1) is 28.9. The van der Waals surface area contributed by atoms with Gasteiger partial charge in [0, 0.05) is 25.0 Å². The standard InChI is InChI=1S/C31H34N2O7/c34-23-17-18-24(35)27(23)33-26(37)16-10-3-4-11-19-31(39)20-22(28(38)29-30(31)40-29)32-25(36)15-9-2-1-6-12-21-13-7-5-8-14-21/h1-4,6,9-12,15-16,19-21,29-30,34,39H,5,7-8,13-14,17-18H2,(H,32,36)(H,33,37)/b2-1+,4-3-,12-6+,15-9+,16-10+,19-11-/t29?,30?,31-/m0/s1.